The van der Waals surface area contributed by atoms with E-state index in [1.807, 2.05) is 0 Å². The Bertz CT molecular complexity index is 356. The van der Waals surface area contributed by atoms with Gasteiger partial charge in [0.25, 0.3) is 0 Å². The van der Waals surface area contributed by atoms with Gasteiger partial charge in [0.1, 0.15) is 0 Å². The summed E-state index contributed by atoms with van der Waals surface area (Å²) in [5, 5.41) is 9.58. The lowest BCUT2D eigenvalue weighted by atomic mass is 9.43. The van der Waals surface area contributed by atoms with E-state index in [4.69, 9.17) is 0 Å². The van der Waals surface area contributed by atoms with Gasteiger partial charge in [-0.2, -0.15) is 0 Å². The molecule has 0 aliphatic heterocycles. The molecule has 3 heteroatoms. The summed E-state index contributed by atoms with van der Waals surface area (Å²) in [7, 11) is 0. The SMILES string of the molecule is CC[C@]12C[C@H]3C[C@](Br)(C1)C[C@@](C(=O)O)(C3)C2. The Morgan fingerprint density at radius 1 is 1.31 bits per heavy atom. The minimum absolute atomic E-state index is 0.140. The van der Waals surface area contributed by atoms with Crippen molar-refractivity contribution in [3.8, 4) is 0 Å². The molecule has 0 spiro atoms. The molecule has 2 nitrogen and oxygen atoms in total. The van der Waals surface area contributed by atoms with E-state index in [2.05, 4.69) is 22.9 Å². The average Bonchev–Trinajstić information content (AvgIpc) is 2.13. The quantitative estimate of drug-likeness (QED) is 0.788. The van der Waals surface area contributed by atoms with Gasteiger partial charge in [-0.15, -0.1) is 0 Å². The summed E-state index contributed by atoms with van der Waals surface area (Å²) in [5.74, 6) is 0.102. The summed E-state index contributed by atoms with van der Waals surface area (Å²) >= 11 is 3.87. The van der Waals surface area contributed by atoms with Crippen molar-refractivity contribution in [1.82, 2.24) is 0 Å². The van der Waals surface area contributed by atoms with E-state index < -0.39 is 11.4 Å². The summed E-state index contributed by atoms with van der Waals surface area (Å²) in [4.78, 5) is 11.6. The summed E-state index contributed by atoms with van der Waals surface area (Å²) in [6.07, 6.45) is 7.52. The second-order valence-corrected chi connectivity index (χ2v) is 8.28. The number of aliphatic carboxylic acids is 1. The average molecular weight is 287 g/mol. The lowest BCUT2D eigenvalue weighted by Gasteiger charge is -2.63. The summed E-state index contributed by atoms with van der Waals surface area (Å²) in [5.41, 5.74) is -0.0831. The van der Waals surface area contributed by atoms with Gasteiger partial charge in [0.2, 0.25) is 0 Å². The molecule has 0 amide bonds. The van der Waals surface area contributed by atoms with E-state index in [9.17, 15) is 9.90 Å². The van der Waals surface area contributed by atoms with E-state index in [0.29, 0.717) is 11.3 Å². The van der Waals surface area contributed by atoms with Crippen molar-refractivity contribution in [2.75, 3.05) is 0 Å². The van der Waals surface area contributed by atoms with Crippen LogP contribution in [-0.2, 0) is 4.79 Å². The van der Waals surface area contributed by atoms with Crippen LogP contribution < -0.4 is 0 Å². The molecule has 0 radical (unpaired) electrons. The van der Waals surface area contributed by atoms with Crippen LogP contribution in [0.5, 0.6) is 0 Å². The van der Waals surface area contributed by atoms with Gasteiger partial charge in [-0.1, -0.05) is 29.3 Å². The zero-order valence-corrected chi connectivity index (χ0v) is 11.3. The van der Waals surface area contributed by atoms with Gasteiger partial charge in [-0.3, -0.25) is 4.79 Å². The van der Waals surface area contributed by atoms with Gasteiger partial charge >= 0.3 is 5.97 Å². The Hall–Kier alpha value is -0.0500. The van der Waals surface area contributed by atoms with Crippen LogP contribution in [0.1, 0.15) is 51.9 Å². The molecule has 4 bridgehead atoms. The molecule has 4 saturated carbocycles. The lowest BCUT2D eigenvalue weighted by Crippen LogP contribution is -2.60. The fourth-order valence-corrected chi connectivity index (χ4v) is 6.74. The minimum atomic E-state index is -0.543. The third-order valence-corrected chi connectivity index (χ3v) is 6.20. The molecule has 4 aliphatic rings. The predicted octanol–water partition coefficient (Wildman–Crippen LogP) is 3.59. The normalized spacial score (nSPS) is 54.2. The number of hydrogen-bond acceptors (Lipinski definition) is 1. The molecule has 0 aromatic carbocycles. The highest BCUT2D eigenvalue weighted by Crippen LogP contribution is 2.69. The smallest absolute Gasteiger partial charge is 0.309 e. The van der Waals surface area contributed by atoms with E-state index in [1.165, 1.54) is 19.3 Å². The zero-order valence-electron chi connectivity index (χ0n) is 9.76. The van der Waals surface area contributed by atoms with Crippen LogP contribution in [0.25, 0.3) is 0 Å². The van der Waals surface area contributed by atoms with Crippen LogP contribution in [0.4, 0.5) is 0 Å². The number of hydrogen-bond donors (Lipinski definition) is 1. The standard InChI is InChI=1S/C13H19BrO2/c1-2-11-3-9-4-12(6-11,10(15)16)8-13(14,5-9)7-11/h9H,2-8H2,1H3,(H,15,16)/t9-,11-,12-,13+/m1/s1. The Balaban J connectivity index is 2.04. The highest BCUT2D eigenvalue weighted by atomic mass is 79.9. The van der Waals surface area contributed by atoms with Gasteiger partial charge in [0, 0.05) is 4.32 Å². The van der Waals surface area contributed by atoms with E-state index >= 15 is 0 Å². The first-order chi connectivity index (χ1) is 7.41. The molecular formula is C13H19BrO2. The van der Waals surface area contributed by atoms with Gasteiger partial charge in [-0.05, 0) is 49.9 Å². The van der Waals surface area contributed by atoms with Gasteiger partial charge in [-0.25, -0.2) is 0 Å². The summed E-state index contributed by atoms with van der Waals surface area (Å²) in [6.45, 7) is 2.24. The second-order valence-electron chi connectivity index (χ2n) is 6.60. The number of carbonyl (C=O) groups is 1. The summed E-state index contributed by atoms with van der Waals surface area (Å²) < 4.78 is 0.140. The fourth-order valence-electron chi connectivity index (χ4n) is 5.15. The lowest BCUT2D eigenvalue weighted by molar-refractivity contribution is -0.171. The van der Waals surface area contributed by atoms with Crippen molar-refractivity contribution in [2.45, 2.75) is 56.2 Å². The van der Waals surface area contributed by atoms with E-state index in [-0.39, 0.29) is 4.32 Å². The van der Waals surface area contributed by atoms with Crippen LogP contribution in [0.15, 0.2) is 0 Å². The number of halogens is 1. The van der Waals surface area contributed by atoms with Crippen LogP contribution >= 0.6 is 15.9 Å². The van der Waals surface area contributed by atoms with Crippen molar-refractivity contribution in [1.29, 1.82) is 0 Å². The molecular weight excluding hydrogens is 268 g/mol. The molecule has 0 unspecified atom stereocenters. The molecule has 4 rings (SSSR count). The van der Waals surface area contributed by atoms with Gasteiger partial charge in [0.15, 0.2) is 0 Å². The monoisotopic (exact) mass is 286 g/mol. The van der Waals surface area contributed by atoms with Crippen molar-refractivity contribution < 1.29 is 9.90 Å². The second kappa shape index (κ2) is 3.04. The Morgan fingerprint density at radius 3 is 2.62 bits per heavy atom. The first-order valence-corrected chi connectivity index (χ1v) is 7.13. The largest absolute Gasteiger partial charge is 0.481 e. The zero-order chi connectivity index (χ0) is 11.6. The first kappa shape index (κ1) is 11.1. The molecule has 1 N–H and O–H groups in total. The molecule has 0 heterocycles. The maximum atomic E-state index is 11.6. The minimum Gasteiger partial charge on any atom is -0.481 e. The molecule has 0 saturated heterocycles. The third kappa shape index (κ3) is 1.33. The molecule has 16 heavy (non-hydrogen) atoms. The predicted molar refractivity (Wildman–Crippen MR) is 65.6 cm³/mol. The maximum Gasteiger partial charge on any atom is 0.309 e. The van der Waals surface area contributed by atoms with Crippen molar-refractivity contribution in [2.24, 2.45) is 16.7 Å². The molecule has 0 aromatic heterocycles. The number of carboxylic acid groups (broad SMARTS) is 1. The van der Waals surface area contributed by atoms with Crippen molar-refractivity contribution in [3.05, 3.63) is 0 Å². The van der Waals surface area contributed by atoms with Crippen LogP contribution in [0.2, 0.25) is 0 Å². The number of alkyl halides is 1. The highest BCUT2D eigenvalue weighted by molar-refractivity contribution is 9.10. The topological polar surface area (TPSA) is 37.3 Å². The molecule has 4 aliphatic carbocycles. The van der Waals surface area contributed by atoms with E-state index in [1.54, 1.807) is 0 Å². The van der Waals surface area contributed by atoms with E-state index in [0.717, 1.165) is 25.7 Å². The van der Waals surface area contributed by atoms with Crippen LogP contribution in [-0.4, -0.2) is 15.4 Å². The first-order valence-electron chi connectivity index (χ1n) is 6.33. The Morgan fingerprint density at radius 2 is 2.06 bits per heavy atom. The van der Waals surface area contributed by atoms with Crippen molar-refractivity contribution >= 4 is 21.9 Å². The number of carboxylic acids is 1. The molecule has 90 valence electrons. The summed E-state index contributed by atoms with van der Waals surface area (Å²) in [6, 6.07) is 0. The number of rotatable bonds is 2. The van der Waals surface area contributed by atoms with Gasteiger partial charge < -0.3 is 5.11 Å². The van der Waals surface area contributed by atoms with Crippen LogP contribution in [0.3, 0.4) is 0 Å². The maximum absolute atomic E-state index is 11.6. The molecule has 0 aromatic rings. The Kier molecular flexibility index (Phi) is 2.10. The fraction of sp³-hybridized carbons (Fsp3) is 0.923. The van der Waals surface area contributed by atoms with Crippen LogP contribution in [0, 0.1) is 16.7 Å². The molecule has 4 fully saturated rings. The van der Waals surface area contributed by atoms with Gasteiger partial charge in [0.05, 0.1) is 5.41 Å². The Labute approximate surface area is 105 Å². The third-order valence-electron chi connectivity index (χ3n) is 5.32. The molecule has 4 atom stereocenters. The highest BCUT2D eigenvalue weighted by Gasteiger charge is 2.64. The van der Waals surface area contributed by atoms with Crippen molar-refractivity contribution in [3.63, 3.8) is 0 Å².